The Bertz CT molecular complexity index is 221. The van der Waals surface area contributed by atoms with Crippen LogP contribution in [-0.4, -0.2) is 47.5 Å². The van der Waals surface area contributed by atoms with Crippen molar-refractivity contribution in [1.82, 2.24) is 10.2 Å². The molecule has 0 bridgehead atoms. The highest BCUT2D eigenvalue weighted by Gasteiger charge is 2.22. The second-order valence-corrected chi connectivity index (χ2v) is 5.87. The summed E-state index contributed by atoms with van der Waals surface area (Å²) in [5.41, 5.74) is 0. The molecule has 1 aliphatic heterocycles. The second kappa shape index (κ2) is 7.17. The number of carbonyl (C=O) groups is 1. The Balaban J connectivity index is 2.18. The van der Waals surface area contributed by atoms with E-state index in [1.165, 1.54) is 0 Å². The lowest BCUT2D eigenvalue weighted by atomic mass is 10.2. The number of hydrogen-bond acceptors (Lipinski definition) is 3. The van der Waals surface area contributed by atoms with Gasteiger partial charge in [-0.2, -0.15) is 11.8 Å². The van der Waals surface area contributed by atoms with Gasteiger partial charge in [-0.05, 0) is 19.9 Å². The van der Waals surface area contributed by atoms with E-state index in [-0.39, 0.29) is 0 Å². The van der Waals surface area contributed by atoms with E-state index >= 15 is 0 Å². The fourth-order valence-electron chi connectivity index (χ4n) is 1.87. The number of thioether (sulfide) groups is 1. The highest BCUT2D eigenvalue weighted by Crippen LogP contribution is 2.17. The van der Waals surface area contributed by atoms with Gasteiger partial charge in [-0.15, -0.1) is 0 Å². The topological polar surface area (TPSA) is 32.3 Å². The Morgan fingerprint density at radius 2 is 2.31 bits per heavy atom. The van der Waals surface area contributed by atoms with Crippen LogP contribution in [-0.2, 0) is 4.79 Å². The fourth-order valence-corrected chi connectivity index (χ4v) is 2.89. The van der Waals surface area contributed by atoms with Crippen LogP contribution in [0.25, 0.3) is 0 Å². The monoisotopic (exact) mass is 244 g/mol. The van der Waals surface area contributed by atoms with E-state index in [4.69, 9.17) is 0 Å². The van der Waals surface area contributed by atoms with Crippen LogP contribution in [0.4, 0.5) is 0 Å². The van der Waals surface area contributed by atoms with Gasteiger partial charge < -0.3 is 10.2 Å². The number of rotatable bonds is 5. The minimum Gasteiger partial charge on any atom is -0.338 e. The van der Waals surface area contributed by atoms with Gasteiger partial charge in [0.15, 0.2) is 0 Å². The van der Waals surface area contributed by atoms with Crippen molar-refractivity contribution >= 4 is 17.7 Å². The average Bonchev–Trinajstić information content (AvgIpc) is 2.24. The second-order valence-electron chi connectivity index (χ2n) is 4.72. The predicted molar refractivity (Wildman–Crippen MR) is 70.9 cm³/mol. The summed E-state index contributed by atoms with van der Waals surface area (Å²) in [4.78, 5) is 14.0. The molecule has 16 heavy (non-hydrogen) atoms. The van der Waals surface area contributed by atoms with Crippen molar-refractivity contribution in [2.45, 2.75) is 45.7 Å². The van der Waals surface area contributed by atoms with Crippen LogP contribution < -0.4 is 5.32 Å². The van der Waals surface area contributed by atoms with Crippen molar-refractivity contribution in [1.29, 1.82) is 0 Å². The smallest absolute Gasteiger partial charge is 0.222 e. The summed E-state index contributed by atoms with van der Waals surface area (Å²) in [5.74, 6) is 2.52. The van der Waals surface area contributed by atoms with Gasteiger partial charge in [0, 0.05) is 36.6 Å². The Labute approximate surface area is 103 Å². The Morgan fingerprint density at radius 3 is 2.94 bits per heavy atom. The molecule has 0 radical (unpaired) electrons. The molecule has 0 spiro atoms. The van der Waals surface area contributed by atoms with E-state index in [2.05, 4.69) is 26.1 Å². The molecule has 1 saturated heterocycles. The molecule has 0 aromatic heterocycles. The van der Waals surface area contributed by atoms with Crippen molar-refractivity contribution in [3.8, 4) is 0 Å². The molecule has 4 heteroatoms. The number of hydrogen-bond donors (Lipinski definition) is 1. The highest BCUT2D eigenvalue weighted by atomic mass is 32.2. The molecule has 1 aliphatic rings. The molecule has 0 aromatic rings. The largest absolute Gasteiger partial charge is 0.338 e. The van der Waals surface area contributed by atoms with Crippen LogP contribution in [0.15, 0.2) is 0 Å². The SMILES string of the molecule is CC(C)NCCCC(=O)N1CCSCC1C. The summed E-state index contributed by atoms with van der Waals surface area (Å²) in [7, 11) is 0. The zero-order valence-corrected chi connectivity index (χ0v) is 11.5. The van der Waals surface area contributed by atoms with Crippen molar-refractivity contribution in [3.63, 3.8) is 0 Å². The first-order valence-corrected chi connectivity index (χ1v) is 7.37. The van der Waals surface area contributed by atoms with Gasteiger partial charge in [0.1, 0.15) is 0 Å². The van der Waals surface area contributed by atoms with Crippen LogP contribution in [0.2, 0.25) is 0 Å². The van der Waals surface area contributed by atoms with E-state index in [9.17, 15) is 4.79 Å². The first-order chi connectivity index (χ1) is 7.61. The first-order valence-electron chi connectivity index (χ1n) is 6.22. The van der Waals surface area contributed by atoms with Crippen LogP contribution in [0.5, 0.6) is 0 Å². The lowest BCUT2D eigenvalue weighted by molar-refractivity contribution is -0.132. The van der Waals surface area contributed by atoms with Gasteiger partial charge in [0.05, 0.1) is 0 Å². The molecule has 0 aliphatic carbocycles. The van der Waals surface area contributed by atoms with E-state index in [1.54, 1.807) is 0 Å². The van der Waals surface area contributed by atoms with Gasteiger partial charge in [-0.1, -0.05) is 13.8 Å². The predicted octanol–water partition coefficient (Wildman–Crippen LogP) is 1.73. The standard InChI is InChI=1S/C12H24N2OS/c1-10(2)13-6-4-5-12(15)14-7-8-16-9-11(14)3/h10-11,13H,4-9H2,1-3H3. The molecule has 1 N–H and O–H groups in total. The molecule has 3 nitrogen and oxygen atoms in total. The third kappa shape index (κ3) is 4.74. The molecular formula is C12H24N2OS. The van der Waals surface area contributed by atoms with Gasteiger partial charge in [0.2, 0.25) is 5.91 Å². The molecule has 1 heterocycles. The zero-order valence-electron chi connectivity index (χ0n) is 10.7. The normalized spacial score (nSPS) is 21.5. The minimum absolute atomic E-state index is 0.332. The maximum absolute atomic E-state index is 11.9. The number of amides is 1. The van der Waals surface area contributed by atoms with E-state index < -0.39 is 0 Å². The van der Waals surface area contributed by atoms with Crippen LogP contribution in [0.3, 0.4) is 0 Å². The Hall–Kier alpha value is -0.220. The van der Waals surface area contributed by atoms with Crippen molar-refractivity contribution in [2.24, 2.45) is 0 Å². The highest BCUT2D eigenvalue weighted by molar-refractivity contribution is 7.99. The van der Waals surface area contributed by atoms with E-state index in [0.717, 1.165) is 31.0 Å². The summed E-state index contributed by atoms with van der Waals surface area (Å²) in [5, 5.41) is 3.34. The first kappa shape index (κ1) is 13.8. The molecule has 1 unspecified atom stereocenters. The van der Waals surface area contributed by atoms with Crippen molar-refractivity contribution < 1.29 is 4.79 Å². The zero-order chi connectivity index (χ0) is 12.0. The third-order valence-electron chi connectivity index (χ3n) is 2.81. The molecule has 1 amide bonds. The number of carbonyl (C=O) groups excluding carboxylic acids is 1. The minimum atomic E-state index is 0.332. The summed E-state index contributed by atoms with van der Waals surface area (Å²) in [6.07, 6.45) is 1.64. The Morgan fingerprint density at radius 1 is 1.56 bits per heavy atom. The van der Waals surface area contributed by atoms with Gasteiger partial charge in [0.25, 0.3) is 0 Å². The molecule has 1 atom stereocenters. The average molecular weight is 244 g/mol. The quantitative estimate of drug-likeness (QED) is 0.748. The van der Waals surface area contributed by atoms with Gasteiger partial charge in [-0.3, -0.25) is 4.79 Å². The summed E-state index contributed by atoms with van der Waals surface area (Å²) < 4.78 is 0. The molecule has 0 saturated carbocycles. The van der Waals surface area contributed by atoms with Crippen LogP contribution in [0, 0.1) is 0 Å². The van der Waals surface area contributed by atoms with Gasteiger partial charge >= 0.3 is 0 Å². The molecular weight excluding hydrogens is 220 g/mol. The van der Waals surface area contributed by atoms with E-state index in [1.807, 2.05) is 16.7 Å². The van der Waals surface area contributed by atoms with E-state index in [0.29, 0.717) is 24.4 Å². The Kier molecular flexibility index (Phi) is 6.21. The fraction of sp³-hybridized carbons (Fsp3) is 0.917. The maximum atomic E-state index is 11.9. The van der Waals surface area contributed by atoms with Gasteiger partial charge in [-0.25, -0.2) is 0 Å². The molecule has 94 valence electrons. The number of nitrogens with one attached hydrogen (secondary N) is 1. The summed E-state index contributed by atoms with van der Waals surface area (Å²) >= 11 is 1.95. The lowest BCUT2D eigenvalue weighted by Crippen LogP contribution is -2.44. The molecule has 1 rings (SSSR count). The molecule has 0 aromatic carbocycles. The third-order valence-corrected chi connectivity index (χ3v) is 4.00. The van der Waals surface area contributed by atoms with Crippen molar-refractivity contribution in [2.75, 3.05) is 24.6 Å². The van der Waals surface area contributed by atoms with Crippen LogP contribution in [0.1, 0.15) is 33.6 Å². The lowest BCUT2D eigenvalue weighted by Gasteiger charge is -2.33. The molecule has 1 fully saturated rings. The van der Waals surface area contributed by atoms with Crippen molar-refractivity contribution in [3.05, 3.63) is 0 Å². The van der Waals surface area contributed by atoms with Crippen LogP contribution >= 0.6 is 11.8 Å². The number of nitrogens with zero attached hydrogens (tertiary/aromatic N) is 1. The summed E-state index contributed by atoms with van der Waals surface area (Å²) in [6.45, 7) is 8.29. The maximum Gasteiger partial charge on any atom is 0.222 e. The summed E-state index contributed by atoms with van der Waals surface area (Å²) in [6, 6.07) is 0.935.